The minimum Gasteiger partial charge on any atom is -0.495 e. The van der Waals surface area contributed by atoms with Gasteiger partial charge < -0.3 is 24.8 Å². The molecule has 2 N–H and O–H groups in total. The molecule has 2 heterocycles. The van der Waals surface area contributed by atoms with Crippen LogP contribution in [0.2, 0.25) is 0 Å². The highest BCUT2D eigenvalue weighted by Gasteiger charge is 2.25. The Bertz CT molecular complexity index is 767. The molecule has 0 radical (unpaired) electrons. The van der Waals surface area contributed by atoms with E-state index in [2.05, 4.69) is 31.7 Å². The van der Waals surface area contributed by atoms with Gasteiger partial charge in [-0.15, -0.1) is 0 Å². The first-order valence-electron chi connectivity index (χ1n) is 9.39. The van der Waals surface area contributed by atoms with Crippen LogP contribution in [0.1, 0.15) is 23.4 Å². The number of guanidine groups is 1. The van der Waals surface area contributed by atoms with Gasteiger partial charge >= 0.3 is 0 Å². The SMILES string of the molecule is CN=C(NCCc1c(C)noc1C)NC1CCN(c2ccccc2OC)C1. The lowest BCUT2D eigenvalue weighted by Crippen LogP contribution is -2.45. The Morgan fingerprint density at radius 2 is 2.19 bits per heavy atom. The number of anilines is 1. The molecule has 1 atom stereocenters. The van der Waals surface area contributed by atoms with Crippen molar-refractivity contribution >= 4 is 11.6 Å². The Labute approximate surface area is 160 Å². The molecular formula is C20H29N5O2. The highest BCUT2D eigenvalue weighted by molar-refractivity contribution is 5.80. The standard InChI is InChI=1S/C20H29N5O2/c1-14-17(15(2)27-24-14)9-11-22-20(21-3)23-16-10-12-25(13-16)18-7-5-6-8-19(18)26-4/h5-8,16H,9-13H2,1-4H3,(H2,21,22,23). The number of benzene rings is 1. The molecule has 1 saturated heterocycles. The topological polar surface area (TPSA) is 74.9 Å². The van der Waals surface area contributed by atoms with Gasteiger partial charge in [0.15, 0.2) is 5.96 Å². The van der Waals surface area contributed by atoms with Gasteiger partial charge in [-0.2, -0.15) is 0 Å². The summed E-state index contributed by atoms with van der Waals surface area (Å²) in [5.74, 6) is 2.63. The van der Waals surface area contributed by atoms with E-state index in [1.165, 1.54) is 5.56 Å². The summed E-state index contributed by atoms with van der Waals surface area (Å²) >= 11 is 0. The molecule has 0 aliphatic carbocycles. The number of para-hydroxylation sites is 2. The predicted molar refractivity (Wildman–Crippen MR) is 108 cm³/mol. The zero-order chi connectivity index (χ0) is 19.2. The van der Waals surface area contributed by atoms with Gasteiger partial charge in [0.2, 0.25) is 0 Å². The summed E-state index contributed by atoms with van der Waals surface area (Å²) in [4.78, 5) is 6.71. The van der Waals surface area contributed by atoms with Crippen molar-refractivity contribution < 1.29 is 9.26 Å². The lowest BCUT2D eigenvalue weighted by atomic mass is 10.1. The molecule has 0 amide bonds. The third kappa shape index (κ3) is 4.53. The maximum Gasteiger partial charge on any atom is 0.191 e. The van der Waals surface area contributed by atoms with Crippen molar-refractivity contribution in [2.75, 3.05) is 38.7 Å². The predicted octanol–water partition coefficient (Wildman–Crippen LogP) is 2.29. The summed E-state index contributed by atoms with van der Waals surface area (Å²) in [6.07, 6.45) is 1.92. The Kier molecular flexibility index (Phi) is 6.21. The van der Waals surface area contributed by atoms with Crippen molar-refractivity contribution in [2.24, 2.45) is 4.99 Å². The van der Waals surface area contributed by atoms with Crippen LogP contribution < -0.4 is 20.3 Å². The van der Waals surface area contributed by atoms with Crippen molar-refractivity contribution in [3.63, 3.8) is 0 Å². The van der Waals surface area contributed by atoms with Crippen LogP contribution in [0.15, 0.2) is 33.8 Å². The quantitative estimate of drug-likeness (QED) is 0.599. The van der Waals surface area contributed by atoms with E-state index in [9.17, 15) is 0 Å². The van der Waals surface area contributed by atoms with E-state index in [1.807, 2.05) is 32.0 Å². The minimum absolute atomic E-state index is 0.347. The Morgan fingerprint density at radius 3 is 2.89 bits per heavy atom. The number of hydrogen-bond acceptors (Lipinski definition) is 5. The Morgan fingerprint density at radius 1 is 1.37 bits per heavy atom. The second-order valence-electron chi connectivity index (χ2n) is 6.80. The van der Waals surface area contributed by atoms with Gasteiger partial charge in [0.25, 0.3) is 0 Å². The molecule has 0 saturated carbocycles. The molecule has 1 unspecified atom stereocenters. The number of ether oxygens (including phenoxy) is 1. The summed E-state index contributed by atoms with van der Waals surface area (Å²) in [5, 5.41) is 10.9. The van der Waals surface area contributed by atoms with Crippen LogP contribution in [-0.4, -0.2) is 50.9 Å². The van der Waals surface area contributed by atoms with Crippen LogP contribution in [0.25, 0.3) is 0 Å². The minimum atomic E-state index is 0.347. The lowest BCUT2D eigenvalue weighted by molar-refractivity contribution is 0.392. The average molecular weight is 371 g/mol. The normalized spacial score (nSPS) is 17.3. The van der Waals surface area contributed by atoms with Gasteiger partial charge in [-0.1, -0.05) is 17.3 Å². The van der Waals surface area contributed by atoms with E-state index in [0.29, 0.717) is 6.04 Å². The van der Waals surface area contributed by atoms with Crippen molar-refractivity contribution in [1.82, 2.24) is 15.8 Å². The highest BCUT2D eigenvalue weighted by atomic mass is 16.5. The third-order valence-corrected chi connectivity index (χ3v) is 5.03. The summed E-state index contributed by atoms with van der Waals surface area (Å²) < 4.78 is 10.7. The maximum atomic E-state index is 5.49. The summed E-state index contributed by atoms with van der Waals surface area (Å²) in [6.45, 7) is 6.63. The van der Waals surface area contributed by atoms with Gasteiger partial charge in [-0.25, -0.2) is 0 Å². The first-order valence-corrected chi connectivity index (χ1v) is 9.39. The molecule has 1 aromatic heterocycles. The van der Waals surface area contributed by atoms with E-state index in [0.717, 1.165) is 61.3 Å². The molecule has 2 aromatic rings. The number of aliphatic imine (C=N–C) groups is 1. The molecule has 0 spiro atoms. The summed E-state index contributed by atoms with van der Waals surface area (Å²) in [5.41, 5.74) is 3.27. The number of hydrogen-bond donors (Lipinski definition) is 2. The van der Waals surface area contributed by atoms with Gasteiger partial charge in [-0.3, -0.25) is 4.99 Å². The molecule has 27 heavy (non-hydrogen) atoms. The van der Waals surface area contributed by atoms with Crippen LogP contribution >= 0.6 is 0 Å². The van der Waals surface area contributed by atoms with Crippen molar-refractivity contribution in [3.8, 4) is 5.75 Å². The van der Waals surface area contributed by atoms with Crippen LogP contribution in [0, 0.1) is 13.8 Å². The van der Waals surface area contributed by atoms with Crippen molar-refractivity contribution in [1.29, 1.82) is 0 Å². The Hall–Kier alpha value is -2.70. The number of methoxy groups -OCH3 is 1. The third-order valence-electron chi connectivity index (χ3n) is 5.03. The monoisotopic (exact) mass is 371 g/mol. The molecule has 146 valence electrons. The fraction of sp³-hybridized carbons (Fsp3) is 0.500. The summed E-state index contributed by atoms with van der Waals surface area (Å²) in [7, 11) is 3.52. The molecule has 7 nitrogen and oxygen atoms in total. The first kappa shape index (κ1) is 19.1. The second kappa shape index (κ2) is 8.79. The smallest absolute Gasteiger partial charge is 0.191 e. The zero-order valence-electron chi connectivity index (χ0n) is 16.6. The van der Waals surface area contributed by atoms with E-state index in [4.69, 9.17) is 9.26 Å². The molecule has 0 bridgehead atoms. The van der Waals surface area contributed by atoms with Gasteiger partial charge in [0.1, 0.15) is 11.5 Å². The first-order chi connectivity index (χ1) is 13.1. The molecule has 7 heteroatoms. The van der Waals surface area contributed by atoms with Crippen LogP contribution in [-0.2, 0) is 6.42 Å². The van der Waals surface area contributed by atoms with Gasteiger partial charge in [0.05, 0.1) is 18.5 Å². The van der Waals surface area contributed by atoms with E-state index in [-0.39, 0.29) is 0 Å². The van der Waals surface area contributed by atoms with Crippen LogP contribution in [0.5, 0.6) is 5.75 Å². The van der Waals surface area contributed by atoms with Crippen LogP contribution in [0.4, 0.5) is 5.69 Å². The fourth-order valence-corrected chi connectivity index (χ4v) is 3.54. The number of rotatable bonds is 6. The largest absolute Gasteiger partial charge is 0.495 e. The summed E-state index contributed by atoms with van der Waals surface area (Å²) in [6, 6.07) is 8.51. The molecule has 1 aromatic carbocycles. The number of nitrogens with one attached hydrogen (secondary N) is 2. The number of aromatic nitrogens is 1. The number of nitrogens with zero attached hydrogens (tertiary/aromatic N) is 3. The molecule has 1 aliphatic rings. The molecule has 1 fully saturated rings. The Balaban J connectivity index is 1.51. The van der Waals surface area contributed by atoms with Crippen molar-refractivity contribution in [3.05, 3.63) is 41.3 Å². The zero-order valence-corrected chi connectivity index (χ0v) is 16.6. The van der Waals surface area contributed by atoms with Gasteiger partial charge in [0, 0.05) is 38.3 Å². The molecule has 3 rings (SSSR count). The van der Waals surface area contributed by atoms with Crippen LogP contribution in [0.3, 0.4) is 0 Å². The second-order valence-corrected chi connectivity index (χ2v) is 6.80. The number of aryl methyl sites for hydroxylation is 2. The van der Waals surface area contributed by atoms with Crippen molar-refractivity contribution in [2.45, 2.75) is 32.7 Å². The van der Waals surface area contributed by atoms with E-state index < -0.39 is 0 Å². The highest BCUT2D eigenvalue weighted by Crippen LogP contribution is 2.30. The van der Waals surface area contributed by atoms with E-state index in [1.54, 1.807) is 14.2 Å². The fourth-order valence-electron chi connectivity index (χ4n) is 3.54. The average Bonchev–Trinajstić information content (AvgIpc) is 3.28. The van der Waals surface area contributed by atoms with E-state index >= 15 is 0 Å². The lowest BCUT2D eigenvalue weighted by Gasteiger charge is -2.22. The maximum absolute atomic E-state index is 5.49. The van der Waals surface area contributed by atoms with Gasteiger partial charge in [-0.05, 0) is 38.8 Å². The molecule has 1 aliphatic heterocycles. The molecular weight excluding hydrogens is 342 g/mol.